The van der Waals surface area contributed by atoms with Crippen molar-refractivity contribution < 1.29 is 59.4 Å². The van der Waals surface area contributed by atoms with Crippen LogP contribution in [0.25, 0.3) is 33.4 Å². The molecule has 354 valence electrons. The molecule has 0 heterocycles. The summed E-state index contributed by atoms with van der Waals surface area (Å²) in [5.41, 5.74) is 11.2. The van der Waals surface area contributed by atoms with Crippen LogP contribution in [0.2, 0.25) is 0 Å². The van der Waals surface area contributed by atoms with Crippen LogP contribution in [0.1, 0.15) is 110 Å². The van der Waals surface area contributed by atoms with Crippen molar-refractivity contribution in [3.8, 4) is 33.4 Å². The number of carbonyl (C=O) groups is 6. The Morgan fingerprint density at radius 1 is 0.246 bits per heavy atom. The molecule has 0 atom stereocenters. The maximum absolute atomic E-state index is 11.1. The second-order valence-corrected chi connectivity index (χ2v) is 17.9. The quantitative estimate of drug-likeness (QED) is 0.0474. The van der Waals surface area contributed by atoms with Gasteiger partial charge in [-0.05, 0) is 105 Å². The normalized spacial score (nSPS) is 14.1. The van der Waals surface area contributed by atoms with Crippen molar-refractivity contribution in [2.24, 2.45) is 0 Å². The topological polar surface area (TPSA) is 224 Å². The molecular formula is C57H54O12. The fourth-order valence-electron chi connectivity index (χ4n) is 11.2. The average molecular weight is 931 g/mol. The number of benzene rings is 6. The van der Waals surface area contributed by atoms with E-state index in [2.05, 4.69) is 0 Å². The lowest BCUT2D eigenvalue weighted by molar-refractivity contribution is -0.139. The third kappa shape index (κ3) is 10.1. The Morgan fingerprint density at radius 2 is 0.377 bits per heavy atom. The van der Waals surface area contributed by atoms with Crippen LogP contribution < -0.4 is 0 Å². The van der Waals surface area contributed by atoms with Gasteiger partial charge in [-0.3, -0.25) is 28.8 Å². The number of hydrogen-bond acceptors (Lipinski definition) is 6. The molecule has 0 radical (unpaired) electrons. The zero-order valence-electron chi connectivity index (χ0n) is 38.0. The summed E-state index contributed by atoms with van der Waals surface area (Å²) in [7, 11) is 0. The van der Waals surface area contributed by atoms with Gasteiger partial charge in [-0.25, -0.2) is 0 Å². The first-order chi connectivity index (χ1) is 33.1. The molecule has 0 amide bonds. The molecule has 3 aliphatic carbocycles. The molecule has 69 heavy (non-hydrogen) atoms. The molecular weight excluding hydrogens is 877 g/mol. The van der Waals surface area contributed by atoms with E-state index in [1.807, 2.05) is 146 Å². The first-order valence-corrected chi connectivity index (χ1v) is 23.0. The van der Waals surface area contributed by atoms with Crippen LogP contribution in [0.5, 0.6) is 0 Å². The standard InChI is InChI=1S/3C19H18O4/c3*20-17(21)9-11-19(12-10-18(22)23)15-7-3-1-5-13(15)14-6-2-4-8-16(14)19/h3*1-8H,9-12H2,(H,20,21)(H,22,23). The van der Waals surface area contributed by atoms with Crippen molar-refractivity contribution in [1.29, 1.82) is 0 Å². The van der Waals surface area contributed by atoms with E-state index in [1.165, 1.54) is 0 Å². The Kier molecular flexibility index (Phi) is 14.9. The predicted molar refractivity (Wildman–Crippen MR) is 259 cm³/mol. The Bertz CT molecular complexity index is 2410. The van der Waals surface area contributed by atoms with E-state index in [4.69, 9.17) is 30.6 Å². The summed E-state index contributed by atoms with van der Waals surface area (Å²) in [5, 5.41) is 54.9. The monoisotopic (exact) mass is 930 g/mol. The van der Waals surface area contributed by atoms with Gasteiger partial charge in [0.2, 0.25) is 0 Å². The second kappa shape index (κ2) is 21.0. The Labute approximate surface area is 399 Å². The molecule has 0 bridgehead atoms. The molecule has 6 aromatic rings. The van der Waals surface area contributed by atoms with Gasteiger partial charge in [0.25, 0.3) is 0 Å². The second-order valence-electron chi connectivity index (χ2n) is 17.9. The third-order valence-electron chi connectivity index (χ3n) is 14.1. The lowest BCUT2D eigenvalue weighted by Crippen LogP contribution is -2.27. The molecule has 0 saturated carbocycles. The van der Waals surface area contributed by atoms with E-state index in [1.54, 1.807) is 0 Å². The molecule has 12 heteroatoms. The highest BCUT2D eigenvalue weighted by atomic mass is 16.4. The van der Waals surface area contributed by atoms with Crippen molar-refractivity contribution >= 4 is 35.8 Å². The summed E-state index contributed by atoms with van der Waals surface area (Å²) < 4.78 is 0. The van der Waals surface area contributed by atoms with Gasteiger partial charge in [0.15, 0.2) is 0 Å². The fraction of sp³-hybridized carbons (Fsp3) is 0.263. The molecule has 3 aliphatic rings. The van der Waals surface area contributed by atoms with Gasteiger partial charge in [0, 0.05) is 54.8 Å². The number of fused-ring (bicyclic) bond motifs is 9. The molecule has 12 nitrogen and oxygen atoms in total. The fourth-order valence-corrected chi connectivity index (χ4v) is 11.2. The van der Waals surface area contributed by atoms with Gasteiger partial charge in [-0.1, -0.05) is 146 Å². The Morgan fingerprint density at radius 3 is 0.507 bits per heavy atom. The summed E-state index contributed by atoms with van der Waals surface area (Å²) in [5.74, 6) is -5.16. The molecule has 0 spiro atoms. The van der Waals surface area contributed by atoms with Crippen LogP contribution in [-0.4, -0.2) is 66.5 Å². The van der Waals surface area contributed by atoms with E-state index in [0.29, 0.717) is 38.5 Å². The number of rotatable bonds is 18. The maximum Gasteiger partial charge on any atom is 0.303 e. The smallest absolute Gasteiger partial charge is 0.303 e. The van der Waals surface area contributed by atoms with Gasteiger partial charge >= 0.3 is 35.8 Å². The summed E-state index contributed by atoms with van der Waals surface area (Å²) in [6, 6.07) is 47.5. The van der Waals surface area contributed by atoms with Crippen LogP contribution in [0.3, 0.4) is 0 Å². The zero-order chi connectivity index (χ0) is 49.3. The highest BCUT2D eigenvalue weighted by molar-refractivity contribution is 5.85. The Balaban J connectivity index is 0.000000153. The highest BCUT2D eigenvalue weighted by Gasteiger charge is 2.45. The van der Waals surface area contributed by atoms with Crippen molar-refractivity contribution in [3.63, 3.8) is 0 Å². The van der Waals surface area contributed by atoms with Gasteiger partial charge < -0.3 is 30.6 Å². The minimum Gasteiger partial charge on any atom is -0.481 e. The van der Waals surface area contributed by atoms with Crippen LogP contribution >= 0.6 is 0 Å². The molecule has 0 saturated heterocycles. The van der Waals surface area contributed by atoms with E-state index >= 15 is 0 Å². The van der Waals surface area contributed by atoms with Crippen LogP contribution in [0.15, 0.2) is 146 Å². The molecule has 0 aliphatic heterocycles. The van der Waals surface area contributed by atoms with Crippen LogP contribution in [0, 0.1) is 0 Å². The van der Waals surface area contributed by atoms with E-state index in [-0.39, 0.29) is 38.5 Å². The average Bonchev–Trinajstić information content (AvgIpc) is 3.91. The lowest BCUT2D eigenvalue weighted by Gasteiger charge is -2.31. The summed E-state index contributed by atoms with van der Waals surface area (Å²) in [6.45, 7) is 0. The molecule has 0 aromatic heterocycles. The van der Waals surface area contributed by atoms with Gasteiger partial charge in [-0.2, -0.15) is 0 Å². The summed E-state index contributed by atoms with van der Waals surface area (Å²) in [4.78, 5) is 66.9. The van der Waals surface area contributed by atoms with E-state index in [9.17, 15) is 28.8 Å². The van der Waals surface area contributed by atoms with Crippen molar-refractivity contribution in [1.82, 2.24) is 0 Å². The number of aliphatic carboxylic acids is 6. The molecule has 0 fully saturated rings. The van der Waals surface area contributed by atoms with Gasteiger partial charge in [0.1, 0.15) is 0 Å². The summed E-state index contributed by atoms with van der Waals surface area (Å²) >= 11 is 0. The molecule has 6 aromatic carbocycles. The van der Waals surface area contributed by atoms with Gasteiger partial charge in [-0.15, -0.1) is 0 Å². The minimum absolute atomic E-state index is 0.0162. The highest BCUT2D eigenvalue weighted by Crippen LogP contribution is 2.56. The van der Waals surface area contributed by atoms with Crippen molar-refractivity contribution in [3.05, 3.63) is 179 Å². The summed E-state index contributed by atoms with van der Waals surface area (Å²) in [6.07, 6.45) is 2.54. The van der Waals surface area contributed by atoms with Crippen molar-refractivity contribution in [2.45, 2.75) is 93.3 Å². The lowest BCUT2D eigenvalue weighted by atomic mass is 9.71. The minimum atomic E-state index is -0.860. The molecule has 0 unspecified atom stereocenters. The zero-order valence-corrected chi connectivity index (χ0v) is 38.0. The number of carboxylic acid groups (broad SMARTS) is 6. The first kappa shape index (κ1) is 49.1. The predicted octanol–water partition coefficient (Wildman–Crippen LogP) is 11.0. The van der Waals surface area contributed by atoms with Crippen LogP contribution in [0.4, 0.5) is 0 Å². The Hall–Kier alpha value is -7.86. The molecule has 9 rings (SSSR count). The third-order valence-corrected chi connectivity index (χ3v) is 14.1. The van der Waals surface area contributed by atoms with E-state index < -0.39 is 52.1 Å². The SMILES string of the molecule is O=C(O)CCC1(CCC(=O)O)c2ccccc2-c2ccccc21.O=C(O)CCC1(CCC(=O)O)c2ccccc2-c2ccccc21.O=C(O)CCC1(CCC(=O)O)c2ccccc2-c2ccccc21. The van der Waals surface area contributed by atoms with Gasteiger partial charge in [0.05, 0.1) is 0 Å². The first-order valence-electron chi connectivity index (χ1n) is 23.0. The molecule has 6 N–H and O–H groups in total. The maximum atomic E-state index is 11.1. The number of hydrogen-bond donors (Lipinski definition) is 6. The number of carboxylic acids is 6. The van der Waals surface area contributed by atoms with E-state index in [0.717, 1.165) is 66.8 Å². The van der Waals surface area contributed by atoms with Crippen molar-refractivity contribution in [2.75, 3.05) is 0 Å². The largest absolute Gasteiger partial charge is 0.481 e. The van der Waals surface area contributed by atoms with Crippen LogP contribution in [-0.2, 0) is 45.0 Å².